The van der Waals surface area contributed by atoms with E-state index in [2.05, 4.69) is 15.5 Å². The molecule has 3 rings (SSSR count). The van der Waals surface area contributed by atoms with Gasteiger partial charge in [0.2, 0.25) is 0 Å². The van der Waals surface area contributed by atoms with Gasteiger partial charge in [-0.25, -0.2) is 9.78 Å². The van der Waals surface area contributed by atoms with E-state index in [-0.39, 0.29) is 11.5 Å². The summed E-state index contributed by atoms with van der Waals surface area (Å²) >= 11 is 5.78. The fraction of sp³-hybridized carbons (Fsp3) is 0.136. The number of amides is 1. The molecule has 32 heavy (non-hydrogen) atoms. The van der Waals surface area contributed by atoms with Crippen LogP contribution in [0.3, 0.4) is 0 Å². The fourth-order valence-corrected chi connectivity index (χ4v) is 2.73. The molecule has 0 aliphatic rings. The van der Waals surface area contributed by atoms with Crippen molar-refractivity contribution in [1.82, 2.24) is 4.98 Å². The first-order chi connectivity index (χ1) is 15.1. The number of rotatable bonds is 5. The Kier molecular flexibility index (Phi) is 6.99. The number of benzene rings is 2. The maximum atomic E-state index is 13.2. The van der Waals surface area contributed by atoms with E-state index in [0.29, 0.717) is 21.8 Å². The summed E-state index contributed by atoms with van der Waals surface area (Å²) in [6.07, 6.45) is -3.97. The molecule has 166 valence electrons. The molecule has 1 N–H and O–H groups in total. The molecule has 0 spiro atoms. The molecule has 0 atom stereocenters. The second-order valence-corrected chi connectivity index (χ2v) is 7.30. The Morgan fingerprint density at radius 2 is 1.75 bits per heavy atom. The van der Waals surface area contributed by atoms with Gasteiger partial charge in [-0.2, -0.15) is 13.2 Å². The Morgan fingerprint density at radius 3 is 2.34 bits per heavy atom. The van der Waals surface area contributed by atoms with Gasteiger partial charge in [-0.15, -0.1) is 0 Å². The van der Waals surface area contributed by atoms with E-state index < -0.39 is 17.8 Å². The predicted octanol–water partition coefficient (Wildman–Crippen LogP) is 6.07. The van der Waals surface area contributed by atoms with Gasteiger partial charge in [0, 0.05) is 30.4 Å². The van der Waals surface area contributed by atoms with Crippen LogP contribution in [-0.4, -0.2) is 31.4 Å². The average Bonchev–Trinajstić information content (AvgIpc) is 2.75. The number of oxime groups is 1. The Balaban J connectivity index is 1.69. The number of pyridine rings is 1. The maximum Gasteiger partial charge on any atom is 0.437 e. The third-order valence-electron chi connectivity index (χ3n) is 4.23. The molecule has 0 bridgehead atoms. The summed E-state index contributed by atoms with van der Waals surface area (Å²) in [5, 5.41) is 6.62. The van der Waals surface area contributed by atoms with E-state index in [4.69, 9.17) is 16.4 Å². The molecule has 3 aromatic rings. The number of carbonyl (C=O) groups is 1. The molecule has 0 aliphatic carbocycles. The van der Waals surface area contributed by atoms with Crippen LogP contribution in [0.15, 0.2) is 65.8 Å². The number of anilines is 2. The summed E-state index contributed by atoms with van der Waals surface area (Å²) in [5.41, 5.74) is 0.970. The van der Waals surface area contributed by atoms with Crippen molar-refractivity contribution in [3.63, 3.8) is 0 Å². The normalized spacial score (nSPS) is 11.4. The van der Waals surface area contributed by atoms with Gasteiger partial charge >= 0.3 is 12.3 Å². The summed E-state index contributed by atoms with van der Waals surface area (Å²) in [4.78, 5) is 22.3. The zero-order valence-corrected chi connectivity index (χ0v) is 17.8. The number of hydrogen-bond donors (Lipinski definition) is 1. The highest BCUT2D eigenvalue weighted by Gasteiger charge is 2.32. The van der Waals surface area contributed by atoms with E-state index in [9.17, 15) is 18.0 Å². The summed E-state index contributed by atoms with van der Waals surface area (Å²) in [5.74, 6) is 0.195. The molecule has 1 amide bonds. The van der Waals surface area contributed by atoms with Crippen LogP contribution in [0.5, 0.6) is 0 Å². The molecule has 0 radical (unpaired) electrons. The predicted molar refractivity (Wildman–Crippen MR) is 118 cm³/mol. The average molecular weight is 463 g/mol. The minimum atomic E-state index is -4.49. The molecular weight excluding hydrogens is 445 g/mol. The highest BCUT2D eigenvalue weighted by molar-refractivity contribution is 6.30. The lowest BCUT2D eigenvalue weighted by Crippen LogP contribution is -2.14. The first-order valence-electron chi connectivity index (χ1n) is 9.26. The van der Waals surface area contributed by atoms with Gasteiger partial charge in [0.05, 0.1) is 17.5 Å². The molecule has 0 fully saturated rings. The van der Waals surface area contributed by atoms with Gasteiger partial charge in [-0.1, -0.05) is 41.0 Å². The largest absolute Gasteiger partial charge is 0.437 e. The minimum Gasteiger partial charge on any atom is -0.363 e. The van der Waals surface area contributed by atoms with Crippen LogP contribution in [0, 0.1) is 0 Å². The number of nitrogens with zero attached hydrogens (tertiary/aromatic N) is 3. The summed E-state index contributed by atoms with van der Waals surface area (Å²) in [7, 11) is 3.24. The summed E-state index contributed by atoms with van der Waals surface area (Å²) < 4.78 is 39.7. The first kappa shape index (κ1) is 23.1. The Morgan fingerprint density at radius 1 is 1.09 bits per heavy atom. The van der Waals surface area contributed by atoms with Gasteiger partial charge < -0.3 is 4.90 Å². The molecular formula is C22H18ClF3N4O2. The molecule has 0 unspecified atom stereocenters. The number of alkyl halides is 3. The van der Waals surface area contributed by atoms with E-state index in [1.165, 1.54) is 11.1 Å². The van der Waals surface area contributed by atoms with Crippen LogP contribution in [-0.2, 0) is 11.0 Å². The van der Waals surface area contributed by atoms with Gasteiger partial charge in [0.1, 0.15) is 5.82 Å². The maximum absolute atomic E-state index is 13.2. The monoisotopic (exact) mass is 462 g/mol. The number of aromatic nitrogens is 1. The topological polar surface area (TPSA) is 66.8 Å². The van der Waals surface area contributed by atoms with E-state index >= 15 is 0 Å². The third-order valence-corrected chi connectivity index (χ3v) is 4.48. The van der Waals surface area contributed by atoms with Crippen molar-refractivity contribution in [2.24, 2.45) is 5.16 Å². The molecule has 1 aromatic heterocycles. The van der Waals surface area contributed by atoms with Crippen LogP contribution in [0.2, 0.25) is 5.02 Å². The SMILES string of the molecule is CN(C)c1cc(C(F)(F)F)cc(-c2ccc(/C=N/OC(=O)Nc3ccc(Cl)cc3)cc2)n1. The number of nitrogens with one attached hydrogen (secondary N) is 1. The quantitative estimate of drug-likeness (QED) is 0.284. The van der Waals surface area contributed by atoms with Crippen molar-refractivity contribution in [1.29, 1.82) is 0 Å². The number of hydrogen-bond acceptors (Lipinski definition) is 5. The van der Waals surface area contributed by atoms with Crippen LogP contribution in [0.25, 0.3) is 11.3 Å². The Hall–Kier alpha value is -3.59. The third kappa shape index (κ3) is 6.21. The zero-order chi connectivity index (χ0) is 23.3. The van der Waals surface area contributed by atoms with Crippen molar-refractivity contribution in [3.8, 4) is 11.3 Å². The highest BCUT2D eigenvalue weighted by Crippen LogP contribution is 2.33. The van der Waals surface area contributed by atoms with E-state index in [1.54, 1.807) is 62.6 Å². The van der Waals surface area contributed by atoms with Gasteiger partial charge in [0.25, 0.3) is 0 Å². The molecule has 1 heterocycles. The van der Waals surface area contributed by atoms with E-state index in [0.717, 1.165) is 12.1 Å². The number of carbonyl (C=O) groups excluding carboxylic acids is 1. The van der Waals surface area contributed by atoms with Crippen molar-refractivity contribution < 1.29 is 22.8 Å². The Bertz CT molecular complexity index is 1120. The van der Waals surface area contributed by atoms with Gasteiger partial charge in [0.15, 0.2) is 0 Å². The second kappa shape index (κ2) is 9.69. The molecule has 6 nitrogen and oxygen atoms in total. The van der Waals surface area contributed by atoms with Crippen LogP contribution >= 0.6 is 11.6 Å². The smallest absolute Gasteiger partial charge is 0.363 e. The lowest BCUT2D eigenvalue weighted by atomic mass is 10.1. The second-order valence-electron chi connectivity index (χ2n) is 6.86. The van der Waals surface area contributed by atoms with Gasteiger partial charge in [-0.3, -0.25) is 10.2 Å². The zero-order valence-electron chi connectivity index (χ0n) is 17.0. The van der Waals surface area contributed by atoms with Crippen molar-refractivity contribution >= 4 is 35.4 Å². The number of halogens is 4. The molecule has 0 saturated carbocycles. The lowest BCUT2D eigenvalue weighted by molar-refractivity contribution is -0.137. The molecule has 0 aliphatic heterocycles. The van der Waals surface area contributed by atoms with Crippen LogP contribution in [0.4, 0.5) is 29.5 Å². The summed E-state index contributed by atoms with van der Waals surface area (Å²) in [6, 6.07) is 14.9. The van der Waals surface area contributed by atoms with Crippen molar-refractivity contribution in [2.75, 3.05) is 24.3 Å². The van der Waals surface area contributed by atoms with Crippen molar-refractivity contribution in [3.05, 3.63) is 76.8 Å². The standard InChI is InChI=1S/C22H18ClF3N4O2/c1-30(2)20-12-16(22(24,25)26)11-19(29-20)15-5-3-14(4-6-15)13-27-32-21(31)28-18-9-7-17(23)8-10-18/h3-13H,1-2H3,(H,28,31)/b27-13+. The Labute approximate surface area is 187 Å². The minimum absolute atomic E-state index is 0.186. The van der Waals surface area contributed by atoms with E-state index in [1.807, 2.05) is 0 Å². The molecule has 10 heteroatoms. The summed E-state index contributed by atoms with van der Waals surface area (Å²) in [6.45, 7) is 0. The van der Waals surface area contributed by atoms with Crippen LogP contribution in [0.1, 0.15) is 11.1 Å². The highest BCUT2D eigenvalue weighted by atomic mass is 35.5. The molecule has 0 saturated heterocycles. The van der Waals surface area contributed by atoms with Crippen LogP contribution < -0.4 is 10.2 Å². The molecule has 2 aromatic carbocycles. The van der Waals surface area contributed by atoms with Crippen molar-refractivity contribution in [2.45, 2.75) is 6.18 Å². The first-order valence-corrected chi connectivity index (χ1v) is 9.63. The van der Waals surface area contributed by atoms with Gasteiger partial charge in [-0.05, 0) is 42.0 Å². The fourth-order valence-electron chi connectivity index (χ4n) is 2.61. The lowest BCUT2D eigenvalue weighted by Gasteiger charge is -2.16.